The van der Waals surface area contributed by atoms with Gasteiger partial charge in [-0.2, -0.15) is 0 Å². The molecule has 2 rings (SSSR count). The van der Waals surface area contributed by atoms with Crippen LogP contribution in [-0.4, -0.2) is 6.54 Å². The predicted octanol–water partition coefficient (Wildman–Crippen LogP) is 3.33. The lowest BCUT2D eigenvalue weighted by atomic mass is 10.0. The van der Waals surface area contributed by atoms with Crippen molar-refractivity contribution < 1.29 is 0 Å². The monoisotopic (exact) mass is 195 g/mol. The molecule has 0 aromatic heterocycles. The molecule has 0 spiro atoms. The number of fused-ring (bicyclic) bond motifs is 1. The zero-order chi connectivity index (χ0) is 9.26. The van der Waals surface area contributed by atoms with Crippen LogP contribution < -0.4 is 5.32 Å². The Hall–Kier alpha value is -0.690. The maximum atomic E-state index is 6.10. The first-order chi connectivity index (χ1) is 6.27. The number of hydrogen-bond acceptors (Lipinski definition) is 1. The van der Waals surface area contributed by atoms with Gasteiger partial charge < -0.3 is 5.32 Å². The zero-order valence-corrected chi connectivity index (χ0v) is 8.56. The summed E-state index contributed by atoms with van der Waals surface area (Å²) in [6.45, 7) is 3.31. The van der Waals surface area contributed by atoms with Crippen molar-refractivity contribution in [1.29, 1.82) is 0 Å². The molecule has 1 aromatic rings. The Morgan fingerprint density at radius 2 is 2.31 bits per heavy atom. The minimum atomic E-state index is 0.739. The molecule has 1 heterocycles. The summed E-state index contributed by atoms with van der Waals surface area (Å²) < 4.78 is 0. The second-order valence-electron chi connectivity index (χ2n) is 3.80. The lowest BCUT2D eigenvalue weighted by Crippen LogP contribution is -2.08. The van der Waals surface area contributed by atoms with E-state index >= 15 is 0 Å². The van der Waals surface area contributed by atoms with E-state index in [0.29, 0.717) is 0 Å². The van der Waals surface area contributed by atoms with E-state index in [0.717, 1.165) is 29.6 Å². The van der Waals surface area contributed by atoms with Crippen LogP contribution >= 0.6 is 11.6 Å². The highest BCUT2D eigenvalue weighted by atomic mass is 35.5. The van der Waals surface area contributed by atoms with Crippen molar-refractivity contribution in [1.82, 2.24) is 0 Å². The topological polar surface area (TPSA) is 12.0 Å². The van der Waals surface area contributed by atoms with Crippen molar-refractivity contribution in [2.24, 2.45) is 5.92 Å². The van der Waals surface area contributed by atoms with Crippen LogP contribution in [0.5, 0.6) is 0 Å². The fourth-order valence-corrected chi connectivity index (χ4v) is 2.02. The molecule has 0 radical (unpaired) electrons. The van der Waals surface area contributed by atoms with Crippen LogP contribution in [-0.2, 0) is 6.42 Å². The van der Waals surface area contributed by atoms with Gasteiger partial charge in [-0.1, -0.05) is 30.7 Å². The molecular formula is C11H14ClN. The highest BCUT2D eigenvalue weighted by Gasteiger charge is 2.13. The molecule has 13 heavy (non-hydrogen) atoms. The summed E-state index contributed by atoms with van der Waals surface area (Å²) in [5, 5.41) is 4.26. The summed E-state index contributed by atoms with van der Waals surface area (Å²) in [5.74, 6) is 0.739. The number of nitrogens with one attached hydrogen (secondary N) is 1. The van der Waals surface area contributed by atoms with Crippen LogP contribution in [0.4, 0.5) is 5.69 Å². The van der Waals surface area contributed by atoms with E-state index in [-0.39, 0.29) is 0 Å². The van der Waals surface area contributed by atoms with Gasteiger partial charge in [-0.15, -0.1) is 0 Å². The average molecular weight is 196 g/mol. The van der Waals surface area contributed by atoms with E-state index < -0.39 is 0 Å². The fourth-order valence-electron chi connectivity index (χ4n) is 1.76. The summed E-state index contributed by atoms with van der Waals surface area (Å²) in [6.07, 6.45) is 2.39. The van der Waals surface area contributed by atoms with Crippen molar-refractivity contribution in [2.45, 2.75) is 19.8 Å². The lowest BCUT2D eigenvalue weighted by molar-refractivity contribution is 0.571. The highest BCUT2D eigenvalue weighted by molar-refractivity contribution is 6.33. The molecule has 1 aliphatic heterocycles. The normalized spacial score (nSPS) is 21.5. The molecule has 0 bridgehead atoms. The van der Waals surface area contributed by atoms with E-state index in [1.54, 1.807) is 0 Å². The molecule has 1 atom stereocenters. The maximum Gasteiger partial charge on any atom is 0.0640 e. The Labute approximate surface area is 84.1 Å². The third-order valence-electron chi connectivity index (χ3n) is 2.63. The van der Waals surface area contributed by atoms with Gasteiger partial charge in [0.05, 0.1) is 10.7 Å². The van der Waals surface area contributed by atoms with Crippen molar-refractivity contribution in [3.63, 3.8) is 0 Å². The first-order valence-electron chi connectivity index (χ1n) is 4.78. The molecule has 0 amide bonds. The smallest absolute Gasteiger partial charge is 0.0640 e. The van der Waals surface area contributed by atoms with Gasteiger partial charge in [0, 0.05) is 6.54 Å². The van der Waals surface area contributed by atoms with Crippen LogP contribution in [0.25, 0.3) is 0 Å². The van der Waals surface area contributed by atoms with Gasteiger partial charge >= 0.3 is 0 Å². The van der Waals surface area contributed by atoms with Crippen molar-refractivity contribution >= 4 is 17.3 Å². The van der Waals surface area contributed by atoms with E-state index in [2.05, 4.69) is 18.3 Å². The minimum absolute atomic E-state index is 0.739. The van der Waals surface area contributed by atoms with Gasteiger partial charge in [-0.3, -0.25) is 0 Å². The molecular weight excluding hydrogens is 182 g/mol. The van der Waals surface area contributed by atoms with E-state index in [1.807, 2.05) is 12.1 Å². The number of halogens is 1. The Balaban J connectivity index is 2.35. The Kier molecular flexibility index (Phi) is 2.45. The molecule has 0 saturated carbocycles. The first kappa shape index (κ1) is 8.89. The lowest BCUT2D eigenvalue weighted by Gasteiger charge is -2.09. The number of hydrogen-bond donors (Lipinski definition) is 1. The van der Waals surface area contributed by atoms with Gasteiger partial charge in [0.25, 0.3) is 0 Å². The SMILES string of the molecule is CC1CCc2cccc(Cl)c2NC1. The van der Waals surface area contributed by atoms with E-state index in [1.165, 1.54) is 12.0 Å². The third kappa shape index (κ3) is 1.80. The quantitative estimate of drug-likeness (QED) is 0.670. The van der Waals surface area contributed by atoms with Crippen molar-refractivity contribution in [3.8, 4) is 0 Å². The average Bonchev–Trinajstić information content (AvgIpc) is 2.30. The third-order valence-corrected chi connectivity index (χ3v) is 2.95. The molecule has 1 aromatic carbocycles. The van der Waals surface area contributed by atoms with Gasteiger partial charge in [-0.05, 0) is 30.4 Å². The number of anilines is 1. The van der Waals surface area contributed by atoms with Crippen molar-refractivity contribution in [2.75, 3.05) is 11.9 Å². The summed E-state index contributed by atoms with van der Waals surface area (Å²) in [7, 11) is 0. The van der Waals surface area contributed by atoms with Gasteiger partial charge in [0.15, 0.2) is 0 Å². The first-order valence-corrected chi connectivity index (χ1v) is 5.16. The Morgan fingerprint density at radius 3 is 3.15 bits per heavy atom. The van der Waals surface area contributed by atoms with Crippen LogP contribution in [0.15, 0.2) is 18.2 Å². The molecule has 0 aliphatic carbocycles. The summed E-state index contributed by atoms with van der Waals surface area (Å²) in [4.78, 5) is 0. The molecule has 70 valence electrons. The molecule has 1 aliphatic rings. The van der Waals surface area contributed by atoms with Crippen LogP contribution in [0, 0.1) is 5.92 Å². The van der Waals surface area contributed by atoms with Crippen LogP contribution in [0.2, 0.25) is 5.02 Å². The van der Waals surface area contributed by atoms with E-state index in [9.17, 15) is 0 Å². The second kappa shape index (κ2) is 3.59. The number of aryl methyl sites for hydroxylation is 1. The summed E-state index contributed by atoms with van der Waals surface area (Å²) in [5.41, 5.74) is 2.50. The summed E-state index contributed by atoms with van der Waals surface area (Å²) >= 11 is 6.10. The molecule has 1 unspecified atom stereocenters. The van der Waals surface area contributed by atoms with Crippen LogP contribution in [0.3, 0.4) is 0 Å². The number of para-hydroxylation sites is 1. The van der Waals surface area contributed by atoms with Crippen molar-refractivity contribution in [3.05, 3.63) is 28.8 Å². The number of benzene rings is 1. The fraction of sp³-hybridized carbons (Fsp3) is 0.455. The standard InChI is InChI=1S/C11H14ClN/c1-8-5-6-9-3-2-4-10(12)11(9)13-7-8/h2-4,8,13H,5-7H2,1H3. The zero-order valence-electron chi connectivity index (χ0n) is 7.81. The van der Waals surface area contributed by atoms with Gasteiger partial charge in [0.1, 0.15) is 0 Å². The summed E-state index contributed by atoms with van der Waals surface area (Å²) in [6, 6.07) is 6.13. The molecule has 1 nitrogen and oxygen atoms in total. The number of rotatable bonds is 0. The highest BCUT2D eigenvalue weighted by Crippen LogP contribution is 2.30. The van der Waals surface area contributed by atoms with Gasteiger partial charge in [-0.25, -0.2) is 0 Å². The maximum absolute atomic E-state index is 6.10. The molecule has 0 saturated heterocycles. The molecule has 0 fully saturated rings. The Morgan fingerprint density at radius 1 is 1.46 bits per heavy atom. The second-order valence-corrected chi connectivity index (χ2v) is 4.21. The van der Waals surface area contributed by atoms with Crippen LogP contribution in [0.1, 0.15) is 18.9 Å². The Bertz CT molecular complexity index is 309. The van der Waals surface area contributed by atoms with E-state index in [4.69, 9.17) is 11.6 Å². The molecule has 2 heteroatoms. The molecule has 1 N–H and O–H groups in total. The largest absolute Gasteiger partial charge is 0.383 e. The predicted molar refractivity (Wildman–Crippen MR) is 57.4 cm³/mol. The minimum Gasteiger partial charge on any atom is -0.383 e. The van der Waals surface area contributed by atoms with Gasteiger partial charge in [0.2, 0.25) is 0 Å².